The van der Waals surface area contributed by atoms with Gasteiger partial charge in [0.05, 0.1) is 5.02 Å². The summed E-state index contributed by atoms with van der Waals surface area (Å²) in [7, 11) is 0. The second-order valence-corrected chi connectivity index (χ2v) is 3.38. The molecule has 0 N–H and O–H groups in total. The Labute approximate surface area is 93.3 Å². The number of benzene rings is 1. The summed E-state index contributed by atoms with van der Waals surface area (Å²) in [6.07, 6.45) is 0.742. The highest BCUT2D eigenvalue weighted by molar-refractivity contribution is 6.33. The fourth-order valence-electron chi connectivity index (χ4n) is 1.15. The lowest BCUT2D eigenvalue weighted by atomic mass is 10.1. The predicted octanol–water partition coefficient (Wildman–Crippen LogP) is 3.47. The van der Waals surface area contributed by atoms with E-state index >= 15 is 0 Å². The number of ketones is 1. The second kappa shape index (κ2) is 5.53. The van der Waals surface area contributed by atoms with E-state index in [0.29, 0.717) is 6.42 Å². The van der Waals surface area contributed by atoms with Crippen LogP contribution in [0.3, 0.4) is 0 Å². The van der Waals surface area contributed by atoms with Crippen LogP contribution in [-0.4, -0.2) is 5.78 Å². The Kier molecular flexibility index (Phi) is 4.33. The van der Waals surface area contributed by atoms with Crippen molar-refractivity contribution in [3.63, 3.8) is 0 Å². The van der Waals surface area contributed by atoms with Crippen LogP contribution in [0, 0.1) is 17.7 Å². The van der Waals surface area contributed by atoms with Gasteiger partial charge >= 0.3 is 0 Å². The summed E-state index contributed by atoms with van der Waals surface area (Å²) >= 11 is 5.78. The molecular weight excluding hydrogens is 215 g/mol. The van der Waals surface area contributed by atoms with Gasteiger partial charge in [0.1, 0.15) is 5.82 Å². The molecule has 0 heterocycles. The Morgan fingerprint density at radius 3 is 2.93 bits per heavy atom. The van der Waals surface area contributed by atoms with Crippen LogP contribution in [0.25, 0.3) is 0 Å². The van der Waals surface area contributed by atoms with Crippen LogP contribution in [0.15, 0.2) is 18.2 Å². The molecule has 3 heteroatoms. The van der Waals surface area contributed by atoms with Gasteiger partial charge in [-0.15, -0.1) is 11.8 Å². The third-order valence-electron chi connectivity index (χ3n) is 1.88. The van der Waals surface area contributed by atoms with Crippen molar-refractivity contribution in [2.75, 3.05) is 0 Å². The molecule has 0 spiro atoms. The summed E-state index contributed by atoms with van der Waals surface area (Å²) < 4.78 is 12.9. The van der Waals surface area contributed by atoms with E-state index in [2.05, 4.69) is 11.8 Å². The van der Waals surface area contributed by atoms with Crippen LogP contribution < -0.4 is 0 Å². The lowest BCUT2D eigenvalue weighted by Gasteiger charge is -2.01. The van der Waals surface area contributed by atoms with Gasteiger partial charge in [0.2, 0.25) is 0 Å². The number of carbonyl (C=O) groups excluding carboxylic acids is 1. The highest BCUT2D eigenvalue weighted by Gasteiger charge is 2.10. The zero-order chi connectivity index (χ0) is 11.3. The van der Waals surface area contributed by atoms with Crippen LogP contribution in [0.4, 0.5) is 4.39 Å². The highest BCUT2D eigenvalue weighted by atomic mass is 35.5. The van der Waals surface area contributed by atoms with Gasteiger partial charge in [-0.25, -0.2) is 4.39 Å². The minimum absolute atomic E-state index is 0.178. The average molecular weight is 225 g/mol. The molecule has 0 aliphatic rings. The van der Waals surface area contributed by atoms with E-state index < -0.39 is 5.82 Å². The Bertz CT molecular complexity index is 429. The van der Waals surface area contributed by atoms with E-state index in [9.17, 15) is 9.18 Å². The molecule has 0 aliphatic carbocycles. The monoisotopic (exact) mass is 224 g/mol. The molecule has 0 radical (unpaired) electrons. The van der Waals surface area contributed by atoms with Crippen molar-refractivity contribution in [3.05, 3.63) is 34.6 Å². The minimum atomic E-state index is -0.454. The standard InChI is InChI=1S/C12H10ClFO/c1-2-3-4-5-12(15)10-8-9(14)6-7-11(10)13/h6-8H,4-5H2,1H3. The maximum atomic E-state index is 12.9. The number of Topliss-reactive ketones (excluding diaryl/α,β-unsaturated/α-hetero) is 1. The van der Waals surface area contributed by atoms with Gasteiger partial charge in [-0.1, -0.05) is 11.6 Å². The normalized spacial score (nSPS) is 9.27. The van der Waals surface area contributed by atoms with Crippen LogP contribution in [0.5, 0.6) is 0 Å². The molecule has 0 fully saturated rings. The van der Waals surface area contributed by atoms with Crippen LogP contribution in [-0.2, 0) is 0 Å². The molecule has 1 aromatic rings. The molecule has 0 amide bonds. The first-order valence-corrected chi connectivity index (χ1v) is 4.91. The topological polar surface area (TPSA) is 17.1 Å². The number of halogens is 2. The van der Waals surface area contributed by atoms with Gasteiger partial charge < -0.3 is 0 Å². The summed E-state index contributed by atoms with van der Waals surface area (Å²) in [5.41, 5.74) is 0.231. The van der Waals surface area contributed by atoms with Gasteiger partial charge in [0.15, 0.2) is 5.78 Å². The summed E-state index contributed by atoms with van der Waals surface area (Å²) in [5, 5.41) is 0.283. The maximum absolute atomic E-state index is 12.9. The van der Waals surface area contributed by atoms with E-state index in [4.69, 9.17) is 11.6 Å². The minimum Gasteiger partial charge on any atom is -0.294 e. The zero-order valence-electron chi connectivity index (χ0n) is 8.31. The highest BCUT2D eigenvalue weighted by Crippen LogP contribution is 2.19. The van der Waals surface area contributed by atoms with E-state index in [1.807, 2.05) is 0 Å². The molecule has 0 bridgehead atoms. The van der Waals surface area contributed by atoms with Crippen molar-refractivity contribution in [2.45, 2.75) is 19.8 Å². The Morgan fingerprint density at radius 2 is 2.27 bits per heavy atom. The quantitative estimate of drug-likeness (QED) is 0.568. The lowest BCUT2D eigenvalue weighted by molar-refractivity contribution is 0.0984. The van der Waals surface area contributed by atoms with E-state index in [1.165, 1.54) is 12.1 Å². The lowest BCUT2D eigenvalue weighted by Crippen LogP contribution is -2.00. The van der Waals surface area contributed by atoms with Crippen molar-refractivity contribution < 1.29 is 9.18 Å². The van der Waals surface area contributed by atoms with Gasteiger partial charge in [-0.05, 0) is 25.1 Å². The van der Waals surface area contributed by atoms with Crippen LogP contribution in [0.2, 0.25) is 5.02 Å². The largest absolute Gasteiger partial charge is 0.294 e. The maximum Gasteiger partial charge on any atom is 0.165 e. The van der Waals surface area contributed by atoms with Gasteiger partial charge in [-0.2, -0.15) is 0 Å². The first-order valence-electron chi connectivity index (χ1n) is 4.53. The predicted molar refractivity (Wildman–Crippen MR) is 58.4 cm³/mol. The number of hydrogen-bond acceptors (Lipinski definition) is 1. The molecule has 1 rings (SSSR count). The number of rotatable bonds is 3. The molecule has 78 valence electrons. The third-order valence-corrected chi connectivity index (χ3v) is 2.21. The van der Waals surface area contributed by atoms with E-state index in [0.717, 1.165) is 6.07 Å². The second-order valence-electron chi connectivity index (χ2n) is 2.97. The van der Waals surface area contributed by atoms with Crippen LogP contribution in [0.1, 0.15) is 30.1 Å². The van der Waals surface area contributed by atoms with Crippen molar-refractivity contribution in [3.8, 4) is 11.8 Å². The third kappa shape index (κ3) is 3.38. The van der Waals surface area contributed by atoms with E-state index in [1.54, 1.807) is 6.92 Å². The molecule has 1 nitrogen and oxygen atoms in total. The molecule has 0 saturated carbocycles. The first kappa shape index (κ1) is 11.7. The molecule has 1 aromatic carbocycles. The fourth-order valence-corrected chi connectivity index (χ4v) is 1.37. The van der Waals surface area contributed by atoms with Gasteiger partial charge in [0.25, 0.3) is 0 Å². The van der Waals surface area contributed by atoms with Crippen molar-refractivity contribution in [2.24, 2.45) is 0 Å². The smallest absolute Gasteiger partial charge is 0.165 e. The molecular formula is C12H10ClFO. The summed E-state index contributed by atoms with van der Waals surface area (Å²) in [6.45, 7) is 1.71. The fraction of sp³-hybridized carbons (Fsp3) is 0.250. The first-order chi connectivity index (χ1) is 7.15. The molecule has 0 saturated heterocycles. The van der Waals surface area contributed by atoms with E-state index in [-0.39, 0.29) is 22.8 Å². The zero-order valence-corrected chi connectivity index (χ0v) is 9.07. The van der Waals surface area contributed by atoms with Gasteiger partial charge in [-0.3, -0.25) is 4.79 Å². The number of carbonyl (C=O) groups is 1. The summed E-state index contributed by atoms with van der Waals surface area (Å²) in [5.74, 6) is 4.83. The Morgan fingerprint density at radius 1 is 1.53 bits per heavy atom. The Balaban J connectivity index is 2.80. The summed E-state index contributed by atoms with van der Waals surface area (Å²) in [4.78, 5) is 11.6. The average Bonchev–Trinajstić information content (AvgIpc) is 2.22. The Hall–Kier alpha value is -1.33. The van der Waals surface area contributed by atoms with Gasteiger partial charge in [0, 0.05) is 18.4 Å². The SMILES string of the molecule is CC#CCCC(=O)c1cc(F)ccc1Cl. The van der Waals surface area contributed by atoms with Crippen molar-refractivity contribution >= 4 is 17.4 Å². The van der Waals surface area contributed by atoms with Crippen LogP contribution >= 0.6 is 11.6 Å². The van der Waals surface area contributed by atoms with Crippen molar-refractivity contribution in [1.29, 1.82) is 0 Å². The molecule has 15 heavy (non-hydrogen) atoms. The molecule has 0 unspecified atom stereocenters. The molecule has 0 aliphatic heterocycles. The molecule has 0 aromatic heterocycles. The summed E-state index contributed by atoms with van der Waals surface area (Å²) in [6, 6.07) is 3.77. The molecule has 0 atom stereocenters. The number of hydrogen-bond donors (Lipinski definition) is 0. The van der Waals surface area contributed by atoms with Crippen molar-refractivity contribution in [1.82, 2.24) is 0 Å².